The average Bonchev–Trinajstić information content (AvgIpc) is 3.13. The second kappa shape index (κ2) is 10.5. The molecule has 1 aliphatic heterocycles. The van der Waals surface area contributed by atoms with E-state index in [2.05, 4.69) is 10.6 Å². The van der Waals surface area contributed by atoms with Gasteiger partial charge >= 0.3 is 5.97 Å². The van der Waals surface area contributed by atoms with Gasteiger partial charge in [0.2, 0.25) is 5.91 Å². The van der Waals surface area contributed by atoms with E-state index in [4.69, 9.17) is 26.4 Å². The minimum Gasteiger partial charge on any atom is -0.489 e. The number of esters is 1. The van der Waals surface area contributed by atoms with Gasteiger partial charge < -0.3 is 19.5 Å². The third-order valence-electron chi connectivity index (χ3n) is 3.48. The Balaban J connectivity index is 1.85. The van der Waals surface area contributed by atoms with Crippen molar-refractivity contribution in [1.82, 2.24) is 5.32 Å². The lowest BCUT2D eigenvalue weighted by Crippen LogP contribution is -2.33. The minimum atomic E-state index is -0.589. The summed E-state index contributed by atoms with van der Waals surface area (Å²) in [5, 5.41) is 5.46. The summed E-state index contributed by atoms with van der Waals surface area (Å²) >= 11 is 5.12. The van der Waals surface area contributed by atoms with Gasteiger partial charge in [-0.15, -0.1) is 0 Å². The smallest absolute Gasteiger partial charge is 0.330 e. The molecule has 0 aliphatic carbocycles. The molecule has 1 aromatic carbocycles. The molecular formula is C18H22N2O5S. The van der Waals surface area contributed by atoms with Gasteiger partial charge in [-0.05, 0) is 44.1 Å². The summed E-state index contributed by atoms with van der Waals surface area (Å²) in [6, 6.07) is 7.27. The van der Waals surface area contributed by atoms with Crippen LogP contribution in [0.5, 0.6) is 5.75 Å². The Hall–Kier alpha value is -2.45. The van der Waals surface area contributed by atoms with Crippen molar-refractivity contribution in [3.63, 3.8) is 0 Å². The molecule has 1 heterocycles. The first-order chi connectivity index (χ1) is 12.6. The van der Waals surface area contributed by atoms with E-state index < -0.39 is 11.9 Å². The first kappa shape index (κ1) is 19.9. The Morgan fingerprint density at radius 3 is 2.88 bits per heavy atom. The van der Waals surface area contributed by atoms with Gasteiger partial charge in [0.25, 0.3) is 0 Å². The fourth-order valence-electron chi connectivity index (χ4n) is 2.30. The number of benzene rings is 1. The highest BCUT2D eigenvalue weighted by molar-refractivity contribution is 7.80. The summed E-state index contributed by atoms with van der Waals surface area (Å²) in [6.45, 7) is 3.15. The van der Waals surface area contributed by atoms with Crippen LogP contribution >= 0.6 is 12.2 Å². The summed E-state index contributed by atoms with van der Waals surface area (Å²) in [5.41, 5.74) is 0.630. The number of amides is 1. The van der Waals surface area contributed by atoms with E-state index in [1.54, 1.807) is 13.0 Å². The van der Waals surface area contributed by atoms with Gasteiger partial charge in [0.05, 0.1) is 18.4 Å². The number of anilines is 1. The average molecular weight is 378 g/mol. The number of nitrogens with one attached hydrogen (secondary N) is 2. The van der Waals surface area contributed by atoms with Crippen LogP contribution in [0, 0.1) is 0 Å². The maximum Gasteiger partial charge on any atom is 0.330 e. The normalized spacial score (nSPS) is 16.3. The number of hydrogen-bond donors (Lipinski definition) is 2. The molecule has 1 fully saturated rings. The SMILES string of the molecule is CCOC(=O)/C=C/C(=O)NC(=S)Nc1ccccc1OCC1CCCO1. The molecular weight excluding hydrogens is 356 g/mol. The molecule has 2 rings (SSSR count). The molecule has 1 unspecified atom stereocenters. The zero-order valence-corrected chi connectivity index (χ0v) is 15.3. The fourth-order valence-corrected chi connectivity index (χ4v) is 2.51. The van der Waals surface area contributed by atoms with Crippen molar-refractivity contribution < 1.29 is 23.8 Å². The van der Waals surface area contributed by atoms with Gasteiger partial charge in [-0.2, -0.15) is 0 Å². The van der Waals surface area contributed by atoms with E-state index in [9.17, 15) is 9.59 Å². The summed E-state index contributed by atoms with van der Waals surface area (Å²) in [5.74, 6) is -0.510. The summed E-state index contributed by atoms with van der Waals surface area (Å²) in [4.78, 5) is 22.9. The lowest BCUT2D eigenvalue weighted by Gasteiger charge is -2.16. The number of para-hydroxylation sites is 2. The molecule has 0 radical (unpaired) electrons. The Morgan fingerprint density at radius 1 is 1.35 bits per heavy atom. The quantitative estimate of drug-likeness (QED) is 0.427. The lowest BCUT2D eigenvalue weighted by molar-refractivity contribution is -0.137. The van der Waals surface area contributed by atoms with Crippen LogP contribution in [0.15, 0.2) is 36.4 Å². The minimum absolute atomic E-state index is 0.0941. The fraction of sp³-hybridized carbons (Fsp3) is 0.389. The molecule has 26 heavy (non-hydrogen) atoms. The zero-order valence-electron chi connectivity index (χ0n) is 14.5. The third kappa shape index (κ3) is 6.81. The maximum absolute atomic E-state index is 11.8. The molecule has 0 spiro atoms. The molecule has 0 aromatic heterocycles. The Morgan fingerprint density at radius 2 is 2.15 bits per heavy atom. The van der Waals surface area contributed by atoms with Crippen LogP contribution in [0.3, 0.4) is 0 Å². The van der Waals surface area contributed by atoms with Crippen LogP contribution in [0.4, 0.5) is 5.69 Å². The van der Waals surface area contributed by atoms with Crippen molar-refractivity contribution in [2.24, 2.45) is 0 Å². The molecule has 140 valence electrons. The summed E-state index contributed by atoms with van der Waals surface area (Å²) in [6.07, 6.45) is 4.23. The van der Waals surface area contributed by atoms with Gasteiger partial charge in [0.1, 0.15) is 12.4 Å². The van der Waals surface area contributed by atoms with Gasteiger partial charge in [0, 0.05) is 18.8 Å². The van der Waals surface area contributed by atoms with E-state index in [1.165, 1.54) is 0 Å². The number of thiocarbonyl (C=S) groups is 1. The van der Waals surface area contributed by atoms with Gasteiger partial charge in [0.15, 0.2) is 5.11 Å². The topological polar surface area (TPSA) is 85.9 Å². The van der Waals surface area contributed by atoms with Crippen molar-refractivity contribution in [3.05, 3.63) is 36.4 Å². The van der Waals surface area contributed by atoms with Crippen LogP contribution in [0.2, 0.25) is 0 Å². The molecule has 7 nitrogen and oxygen atoms in total. The first-order valence-electron chi connectivity index (χ1n) is 8.38. The summed E-state index contributed by atoms with van der Waals surface area (Å²) < 4.78 is 16.0. The van der Waals surface area contributed by atoms with Crippen molar-refractivity contribution in [1.29, 1.82) is 0 Å². The molecule has 0 saturated carbocycles. The maximum atomic E-state index is 11.8. The number of ether oxygens (including phenoxy) is 3. The molecule has 1 saturated heterocycles. The van der Waals surface area contributed by atoms with E-state index in [-0.39, 0.29) is 17.8 Å². The van der Waals surface area contributed by atoms with Crippen LogP contribution in [-0.2, 0) is 19.1 Å². The molecule has 1 amide bonds. The van der Waals surface area contributed by atoms with Gasteiger partial charge in [-0.1, -0.05) is 12.1 Å². The van der Waals surface area contributed by atoms with Crippen molar-refractivity contribution in [2.45, 2.75) is 25.9 Å². The highest BCUT2D eigenvalue weighted by Crippen LogP contribution is 2.25. The Labute approximate surface area is 157 Å². The molecule has 0 bridgehead atoms. The zero-order chi connectivity index (χ0) is 18.8. The molecule has 1 atom stereocenters. The first-order valence-corrected chi connectivity index (χ1v) is 8.79. The van der Waals surface area contributed by atoms with Gasteiger partial charge in [-0.3, -0.25) is 10.1 Å². The predicted octanol–water partition coefficient (Wildman–Crippen LogP) is 2.18. The third-order valence-corrected chi connectivity index (χ3v) is 3.68. The van der Waals surface area contributed by atoms with Crippen LogP contribution in [0.25, 0.3) is 0 Å². The van der Waals surface area contributed by atoms with E-state index in [0.29, 0.717) is 18.0 Å². The number of hydrogen-bond acceptors (Lipinski definition) is 6. The highest BCUT2D eigenvalue weighted by atomic mass is 32.1. The monoisotopic (exact) mass is 378 g/mol. The second-order valence-electron chi connectivity index (χ2n) is 5.47. The largest absolute Gasteiger partial charge is 0.489 e. The van der Waals surface area contributed by atoms with Crippen molar-refractivity contribution in [2.75, 3.05) is 25.1 Å². The van der Waals surface area contributed by atoms with E-state index >= 15 is 0 Å². The van der Waals surface area contributed by atoms with E-state index in [0.717, 1.165) is 31.6 Å². The predicted molar refractivity (Wildman–Crippen MR) is 101 cm³/mol. The number of rotatable bonds is 7. The van der Waals surface area contributed by atoms with Crippen molar-refractivity contribution >= 4 is 34.9 Å². The molecule has 1 aliphatic rings. The number of carbonyl (C=O) groups is 2. The van der Waals surface area contributed by atoms with Gasteiger partial charge in [-0.25, -0.2) is 4.79 Å². The van der Waals surface area contributed by atoms with Crippen LogP contribution in [-0.4, -0.2) is 42.9 Å². The molecule has 2 N–H and O–H groups in total. The van der Waals surface area contributed by atoms with Crippen LogP contribution < -0.4 is 15.4 Å². The van der Waals surface area contributed by atoms with E-state index in [1.807, 2.05) is 18.2 Å². The standard InChI is InChI=1S/C18H22N2O5S/c1-2-23-17(22)10-9-16(21)20-18(26)19-14-7-3-4-8-15(14)25-12-13-6-5-11-24-13/h3-4,7-10,13H,2,5-6,11-12H2,1H3,(H2,19,20,21,26)/b10-9+. The van der Waals surface area contributed by atoms with Crippen molar-refractivity contribution in [3.8, 4) is 5.75 Å². The lowest BCUT2D eigenvalue weighted by atomic mass is 10.2. The second-order valence-corrected chi connectivity index (χ2v) is 5.88. The molecule has 8 heteroatoms. The Kier molecular flexibility index (Phi) is 8.04. The number of carbonyl (C=O) groups excluding carboxylic acids is 2. The molecule has 1 aromatic rings. The summed E-state index contributed by atoms with van der Waals surface area (Å²) in [7, 11) is 0. The van der Waals surface area contributed by atoms with Crippen LogP contribution in [0.1, 0.15) is 19.8 Å². The highest BCUT2D eigenvalue weighted by Gasteiger charge is 2.17. The Bertz CT molecular complexity index is 671.